The molecule has 0 bridgehead atoms. The minimum absolute atomic E-state index is 0.128. The van der Waals surface area contributed by atoms with Gasteiger partial charge in [-0.25, -0.2) is 0 Å². The van der Waals surface area contributed by atoms with Crippen LogP contribution < -0.4 is 5.32 Å². The maximum absolute atomic E-state index is 11.9. The van der Waals surface area contributed by atoms with Crippen molar-refractivity contribution in [3.8, 4) is 0 Å². The number of nitrogens with one attached hydrogen (secondary N) is 1. The summed E-state index contributed by atoms with van der Waals surface area (Å²) in [4.78, 5) is 11.9. The molecule has 82 valence electrons. The van der Waals surface area contributed by atoms with E-state index in [1.807, 2.05) is 44.3 Å². The van der Waals surface area contributed by atoms with Crippen molar-refractivity contribution in [1.82, 2.24) is 9.78 Å². The molecule has 0 spiro atoms. The summed E-state index contributed by atoms with van der Waals surface area (Å²) in [5.41, 5.74) is 2.25. The van der Waals surface area contributed by atoms with E-state index in [9.17, 15) is 4.79 Å². The fraction of sp³-hybridized carbons (Fsp3) is 0.167. The molecule has 0 aliphatic rings. The lowest BCUT2D eigenvalue weighted by Gasteiger charge is -2.03. The van der Waals surface area contributed by atoms with E-state index < -0.39 is 0 Å². The summed E-state index contributed by atoms with van der Waals surface area (Å²) in [6.45, 7) is 1.87. The average Bonchev–Trinajstić information content (AvgIpc) is 2.61. The van der Waals surface area contributed by atoms with Gasteiger partial charge in [0, 0.05) is 18.4 Å². The van der Waals surface area contributed by atoms with Crippen molar-refractivity contribution in [3.05, 3.63) is 47.8 Å². The Morgan fingerprint density at radius 3 is 2.56 bits per heavy atom. The van der Waals surface area contributed by atoms with Gasteiger partial charge in [-0.05, 0) is 19.1 Å². The molecule has 0 fully saturated rings. The van der Waals surface area contributed by atoms with Crippen LogP contribution in [-0.2, 0) is 7.05 Å². The van der Waals surface area contributed by atoms with E-state index >= 15 is 0 Å². The molecule has 0 aliphatic heterocycles. The highest BCUT2D eigenvalue weighted by atomic mass is 16.1. The molecule has 1 aromatic heterocycles. The van der Waals surface area contributed by atoms with Gasteiger partial charge in [0.15, 0.2) is 0 Å². The second-order valence-electron chi connectivity index (χ2n) is 3.59. The van der Waals surface area contributed by atoms with Crippen LogP contribution in [0.15, 0.2) is 36.5 Å². The van der Waals surface area contributed by atoms with Crippen LogP contribution in [0, 0.1) is 6.92 Å². The van der Waals surface area contributed by atoms with Crippen molar-refractivity contribution < 1.29 is 4.79 Å². The Balaban J connectivity index is 2.18. The number of carbonyl (C=O) groups is 1. The van der Waals surface area contributed by atoms with Gasteiger partial charge in [-0.1, -0.05) is 18.2 Å². The number of aryl methyl sites for hydroxylation is 1. The van der Waals surface area contributed by atoms with Crippen molar-refractivity contribution >= 4 is 11.6 Å². The van der Waals surface area contributed by atoms with Crippen molar-refractivity contribution in [1.29, 1.82) is 0 Å². The fourth-order valence-electron chi connectivity index (χ4n) is 1.44. The van der Waals surface area contributed by atoms with Gasteiger partial charge in [-0.15, -0.1) is 0 Å². The van der Waals surface area contributed by atoms with Gasteiger partial charge >= 0.3 is 0 Å². The van der Waals surface area contributed by atoms with Crippen molar-refractivity contribution in [2.24, 2.45) is 7.05 Å². The zero-order valence-corrected chi connectivity index (χ0v) is 9.27. The topological polar surface area (TPSA) is 46.9 Å². The molecule has 0 aliphatic carbocycles. The standard InChI is InChI=1S/C12H13N3O/c1-9-11(8-13-15(9)2)12(16)14-10-6-4-3-5-7-10/h3-8H,1-2H3,(H,14,16). The van der Waals surface area contributed by atoms with E-state index in [2.05, 4.69) is 10.4 Å². The Hall–Kier alpha value is -2.10. The summed E-state index contributed by atoms with van der Waals surface area (Å²) in [6.07, 6.45) is 1.58. The average molecular weight is 215 g/mol. The number of hydrogen-bond acceptors (Lipinski definition) is 2. The molecule has 16 heavy (non-hydrogen) atoms. The van der Waals surface area contributed by atoms with E-state index in [1.165, 1.54) is 0 Å². The summed E-state index contributed by atoms with van der Waals surface area (Å²) in [5.74, 6) is -0.128. The SMILES string of the molecule is Cc1c(C(=O)Nc2ccccc2)cnn1C. The second-order valence-corrected chi connectivity index (χ2v) is 3.59. The van der Waals surface area contributed by atoms with Gasteiger partial charge in [0.25, 0.3) is 5.91 Å². The summed E-state index contributed by atoms with van der Waals surface area (Å²) >= 11 is 0. The first-order valence-corrected chi connectivity index (χ1v) is 5.03. The first kappa shape index (κ1) is 10.4. The molecular formula is C12H13N3O. The number of benzene rings is 1. The molecule has 0 radical (unpaired) electrons. The molecule has 2 aromatic rings. The van der Waals surface area contributed by atoms with Crippen molar-refractivity contribution in [2.45, 2.75) is 6.92 Å². The van der Waals surface area contributed by atoms with Gasteiger partial charge in [0.1, 0.15) is 0 Å². The lowest BCUT2D eigenvalue weighted by molar-refractivity contribution is 0.102. The molecule has 0 saturated carbocycles. The number of hydrogen-bond donors (Lipinski definition) is 1. The largest absolute Gasteiger partial charge is 0.322 e. The summed E-state index contributed by atoms with van der Waals surface area (Å²) in [5, 5.41) is 6.85. The number of anilines is 1. The first-order valence-electron chi connectivity index (χ1n) is 5.03. The zero-order valence-electron chi connectivity index (χ0n) is 9.27. The highest BCUT2D eigenvalue weighted by molar-refractivity contribution is 6.04. The van der Waals surface area contributed by atoms with Gasteiger partial charge in [0.2, 0.25) is 0 Å². The quantitative estimate of drug-likeness (QED) is 0.832. The molecule has 1 aromatic carbocycles. The lowest BCUT2D eigenvalue weighted by Crippen LogP contribution is -2.12. The minimum Gasteiger partial charge on any atom is -0.322 e. The third-order valence-corrected chi connectivity index (χ3v) is 2.51. The predicted octanol–water partition coefficient (Wildman–Crippen LogP) is 1.98. The zero-order chi connectivity index (χ0) is 11.5. The maximum Gasteiger partial charge on any atom is 0.259 e. The second kappa shape index (κ2) is 4.18. The monoisotopic (exact) mass is 215 g/mol. The smallest absolute Gasteiger partial charge is 0.259 e. The number of aromatic nitrogens is 2. The van der Waals surface area contributed by atoms with E-state index in [4.69, 9.17) is 0 Å². The van der Waals surface area contributed by atoms with Crippen LogP contribution in [0.25, 0.3) is 0 Å². The number of carbonyl (C=O) groups excluding carboxylic acids is 1. The summed E-state index contributed by atoms with van der Waals surface area (Å²) < 4.78 is 1.68. The third-order valence-electron chi connectivity index (χ3n) is 2.51. The van der Waals surface area contributed by atoms with Crippen molar-refractivity contribution in [3.63, 3.8) is 0 Å². The highest BCUT2D eigenvalue weighted by Gasteiger charge is 2.12. The minimum atomic E-state index is -0.128. The number of nitrogens with zero attached hydrogens (tertiary/aromatic N) is 2. The van der Waals surface area contributed by atoms with Crippen LogP contribution in [0.1, 0.15) is 16.1 Å². The van der Waals surface area contributed by atoms with Crippen LogP contribution in [0.3, 0.4) is 0 Å². The third kappa shape index (κ3) is 1.95. The fourth-order valence-corrected chi connectivity index (χ4v) is 1.44. The molecule has 0 unspecified atom stereocenters. The van der Waals surface area contributed by atoms with E-state index in [0.717, 1.165) is 11.4 Å². The highest BCUT2D eigenvalue weighted by Crippen LogP contribution is 2.10. The van der Waals surface area contributed by atoms with E-state index in [1.54, 1.807) is 10.9 Å². The Morgan fingerprint density at radius 1 is 1.31 bits per heavy atom. The van der Waals surface area contributed by atoms with Crippen LogP contribution in [0.5, 0.6) is 0 Å². The molecule has 4 nitrogen and oxygen atoms in total. The van der Waals surface area contributed by atoms with Crippen molar-refractivity contribution in [2.75, 3.05) is 5.32 Å². The number of amides is 1. The Morgan fingerprint density at radius 2 is 2.00 bits per heavy atom. The molecule has 1 amide bonds. The molecular weight excluding hydrogens is 202 g/mol. The first-order chi connectivity index (χ1) is 7.68. The molecule has 0 saturated heterocycles. The predicted molar refractivity (Wildman–Crippen MR) is 62.3 cm³/mol. The lowest BCUT2D eigenvalue weighted by atomic mass is 10.2. The van der Waals surface area contributed by atoms with Gasteiger partial charge in [-0.2, -0.15) is 5.10 Å². The van der Waals surface area contributed by atoms with Crippen LogP contribution in [0.2, 0.25) is 0 Å². The normalized spacial score (nSPS) is 10.1. The number of para-hydroxylation sites is 1. The Labute approximate surface area is 93.9 Å². The van der Waals surface area contributed by atoms with E-state index in [-0.39, 0.29) is 5.91 Å². The van der Waals surface area contributed by atoms with Crippen LogP contribution in [0.4, 0.5) is 5.69 Å². The van der Waals surface area contributed by atoms with Crippen LogP contribution >= 0.6 is 0 Å². The van der Waals surface area contributed by atoms with Gasteiger partial charge < -0.3 is 5.32 Å². The van der Waals surface area contributed by atoms with Gasteiger partial charge in [0.05, 0.1) is 11.8 Å². The van der Waals surface area contributed by atoms with Crippen LogP contribution in [-0.4, -0.2) is 15.7 Å². The number of rotatable bonds is 2. The molecule has 2 rings (SSSR count). The van der Waals surface area contributed by atoms with E-state index in [0.29, 0.717) is 5.56 Å². The molecule has 4 heteroatoms. The van der Waals surface area contributed by atoms with Gasteiger partial charge in [-0.3, -0.25) is 9.48 Å². The summed E-state index contributed by atoms with van der Waals surface area (Å²) in [6, 6.07) is 9.37. The Kier molecular flexibility index (Phi) is 2.72. The maximum atomic E-state index is 11.9. The Bertz CT molecular complexity index is 502. The molecule has 1 heterocycles. The summed E-state index contributed by atoms with van der Waals surface area (Å²) in [7, 11) is 1.81. The molecule has 1 N–H and O–H groups in total. The molecule has 0 atom stereocenters.